The van der Waals surface area contributed by atoms with E-state index in [9.17, 15) is 4.39 Å². The lowest BCUT2D eigenvalue weighted by Crippen LogP contribution is -2.19. The molecule has 3 rings (SSSR count). The summed E-state index contributed by atoms with van der Waals surface area (Å²) in [5, 5.41) is 4.36. The number of benzene rings is 2. The Hall–Kier alpha value is -2.92. The summed E-state index contributed by atoms with van der Waals surface area (Å²) in [7, 11) is 4.08. The van der Waals surface area contributed by atoms with Crippen molar-refractivity contribution in [3.8, 4) is 0 Å². The molecule has 0 unspecified atom stereocenters. The Morgan fingerprint density at radius 2 is 1.76 bits per heavy atom. The van der Waals surface area contributed by atoms with Gasteiger partial charge in [0.05, 0.1) is 12.4 Å². The molecular formula is C24H28FN3O. The predicted molar refractivity (Wildman–Crippen MR) is 116 cm³/mol. The molecule has 0 amide bonds. The van der Waals surface area contributed by atoms with Crippen LogP contribution in [0.15, 0.2) is 67.0 Å². The molecule has 3 aromatic rings. The third-order valence-corrected chi connectivity index (χ3v) is 4.74. The smallest absolute Gasteiger partial charge is 0.130 e. The van der Waals surface area contributed by atoms with Crippen molar-refractivity contribution in [2.24, 2.45) is 0 Å². The summed E-state index contributed by atoms with van der Waals surface area (Å²) in [5.74, 6) is -0.217. The fourth-order valence-corrected chi connectivity index (χ4v) is 3.37. The molecule has 0 aliphatic rings. The van der Waals surface area contributed by atoms with Gasteiger partial charge in [0.2, 0.25) is 0 Å². The molecule has 0 fully saturated rings. The van der Waals surface area contributed by atoms with Gasteiger partial charge in [-0.1, -0.05) is 55.5 Å². The Bertz CT molecular complexity index is 948. The third-order valence-electron chi connectivity index (χ3n) is 4.74. The highest BCUT2D eigenvalue weighted by Crippen LogP contribution is 2.34. The molecule has 0 radical (unpaired) electrons. The number of aromatic nitrogens is 2. The van der Waals surface area contributed by atoms with E-state index < -0.39 is 0 Å². The summed E-state index contributed by atoms with van der Waals surface area (Å²) in [6.45, 7) is 3.58. The second-order valence-electron chi connectivity index (χ2n) is 7.17. The molecule has 0 aliphatic carbocycles. The Balaban J connectivity index is 1.99. The quantitative estimate of drug-likeness (QED) is 0.387. The van der Waals surface area contributed by atoms with E-state index >= 15 is 0 Å². The first kappa shape index (κ1) is 20.8. The maximum absolute atomic E-state index is 14.6. The average molecular weight is 394 g/mol. The van der Waals surface area contributed by atoms with Crippen molar-refractivity contribution in [3.05, 3.63) is 89.5 Å². The molecule has 0 aliphatic heterocycles. The van der Waals surface area contributed by atoms with Crippen LogP contribution in [0.25, 0.3) is 11.1 Å². The number of hydrogen-bond donors (Lipinski definition) is 0. The molecular weight excluding hydrogens is 365 g/mol. The number of halogens is 1. The van der Waals surface area contributed by atoms with Gasteiger partial charge in [-0.25, -0.2) is 4.39 Å². The molecule has 0 saturated carbocycles. The Morgan fingerprint density at radius 3 is 2.45 bits per heavy atom. The molecule has 2 aromatic carbocycles. The predicted octanol–water partition coefficient (Wildman–Crippen LogP) is 4.77. The van der Waals surface area contributed by atoms with Crippen molar-refractivity contribution in [3.63, 3.8) is 0 Å². The Kier molecular flexibility index (Phi) is 7.19. The van der Waals surface area contributed by atoms with Crippen molar-refractivity contribution in [2.45, 2.75) is 19.8 Å². The fourth-order valence-electron chi connectivity index (χ4n) is 3.37. The van der Waals surface area contributed by atoms with Crippen LogP contribution in [0, 0.1) is 5.82 Å². The molecule has 0 spiro atoms. The van der Waals surface area contributed by atoms with Gasteiger partial charge in [-0.2, -0.15) is 0 Å². The highest BCUT2D eigenvalue weighted by molar-refractivity contribution is 5.98. The molecule has 0 N–H and O–H groups in total. The van der Waals surface area contributed by atoms with Crippen LogP contribution in [-0.2, 0) is 0 Å². The van der Waals surface area contributed by atoms with Crippen LogP contribution in [0.2, 0.25) is 0 Å². The molecule has 152 valence electrons. The molecule has 5 heteroatoms. The van der Waals surface area contributed by atoms with Crippen molar-refractivity contribution in [1.82, 2.24) is 14.8 Å². The monoisotopic (exact) mass is 393 g/mol. The van der Waals surface area contributed by atoms with Crippen molar-refractivity contribution in [2.75, 3.05) is 27.2 Å². The third kappa shape index (κ3) is 5.33. The van der Waals surface area contributed by atoms with E-state index in [1.54, 1.807) is 12.3 Å². The zero-order valence-electron chi connectivity index (χ0n) is 17.3. The van der Waals surface area contributed by atoms with Crippen LogP contribution >= 0.6 is 0 Å². The molecule has 0 saturated heterocycles. The zero-order valence-corrected chi connectivity index (χ0v) is 17.3. The van der Waals surface area contributed by atoms with Crippen LogP contribution in [0.3, 0.4) is 0 Å². The van der Waals surface area contributed by atoms with Crippen molar-refractivity contribution < 1.29 is 9.23 Å². The molecule has 0 bridgehead atoms. The lowest BCUT2D eigenvalue weighted by Gasteiger charge is -2.15. The number of rotatable bonds is 9. The van der Waals surface area contributed by atoms with Gasteiger partial charge in [0, 0.05) is 17.7 Å². The molecule has 4 nitrogen and oxygen atoms in total. The lowest BCUT2D eigenvalue weighted by atomic mass is 9.89. The normalized spacial score (nSPS) is 12.2. The summed E-state index contributed by atoms with van der Waals surface area (Å²) in [6, 6.07) is 17.0. The van der Waals surface area contributed by atoms with E-state index in [1.165, 1.54) is 10.9 Å². The van der Waals surface area contributed by atoms with Gasteiger partial charge in [0.25, 0.3) is 0 Å². The van der Waals surface area contributed by atoms with E-state index in [-0.39, 0.29) is 5.82 Å². The lowest BCUT2D eigenvalue weighted by molar-refractivity contribution is 0.0770. The summed E-state index contributed by atoms with van der Waals surface area (Å²) < 4.78 is 14.6. The Labute approximate surface area is 172 Å². The highest BCUT2D eigenvalue weighted by Gasteiger charge is 2.17. The van der Waals surface area contributed by atoms with E-state index in [1.807, 2.05) is 69.7 Å². The first-order valence-corrected chi connectivity index (χ1v) is 9.96. The minimum absolute atomic E-state index is 0.217. The van der Waals surface area contributed by atoms with Gasteiger partial charge < -0.3 is 9.74 Å². The number of hydrogen-bond acceptors (Lipinski definition) is 3. The molecule has 1 aromatic heterocycles. The van der Waals surface area contributed by atoms with Crippen LogP contribution in [0.5, 0.6) is 0 Å². The first-order chi connectivity index (χ1) is 14.1. The summed E-state index contributed by atoms with van der Waals surface area (Å²) >= 11 is 0. The van der Waals surface area contributed by atoms with Crippen LogP contribution in [0.4, 0.5) is 4.39 Å². The van der Waals surface area contributed by atoms with E-state index in [0.29, 0.717) is 18.6 Å². The van der Waals surface area contributed by atoms with Gasteiger partial charge in [0.1, 0.15) is 12.4 Å². The number of nitrogens with zero attached hydrogens (tertiary/aromatic N) is 3. The maximum atomic E-state index is 14.6. The summed E-state index contributed by atoms with van der Waals surface area (Å²) in [5.41, 5.74) is 4.47. The minimum atomic E-state index is -0.217. The minimum Gasteiger partial charge on any atom is -0.397 e. The maximum Gasteiger partial charge on any atom is 0.130 e. The van der Waals surface area contributed by atoms with E-state index in [2.05, 4.69) is 10.00 Å². The van der Waals surface area contributed by atoms with E-state index in [0.717, 1.165) is 35.2 Å². The van der Waals surface area contributed by atoms with Gasteiger partial charge in [0.15, 0.2) is 0 Å². The standard InChI is InChI=1S/C24H28FN3O/c1-4-21(22-13-8-9-14-23(22)25)24(19-11-6-5-7-12-19)20-17-26-28(18-20)29-16-10-15-27(2)3/h5-9,11-14,17-18H,4,10,15-16H2,1-3H3/b24-21-. The van der Waals surface area contributed by atoms with Crippen LogP contribution < -0.4 is 4.84 Å². The van der Waals surface area contributed by atoms with Crippen LogP contribution in [-0.4, -0.2) is 42.1 Å². The molecule has 29 heavy (non-hydrogen) atoms. The fraction of sp³-hybridized carbons (Fsp3) is 0.292. The van der Waals surface area contributed by atoms with E-state index in [4.69, 9.17) is 4.84 Å². The van der Waals surface area contributed by atoms with Gasteiger partial charge in [-0.15, -0.1) is 9.94 Å². The SMILES string of the molecule is CC/C(=C(\c1ccccc1)c1cnn(OCCCN(C)C)c1)c1ccccc1F. The second-order valence-corrected chi connectivity index (χ2v) is 7.17. The van der Waals surface area contributed by atoms with Crippen molar-refractivity contribution in [1.29, 1.82) is 0 Å². The highest BCUT2D eigenvalue weighted by atomic mass is 19.1. The number of allylic oxidation sites excluding steroid dienone is 1. The second kappa shape index (κ2) is 10.0. The summed E-state index contributed by atoms with van der Waals surface area (Å²) in [6.07, 6.45) is 5.26. The first-order valence-electron chi connectivity index (χ1n) is 9.96. The molecule has 0 atom stereocenters. The van der Waals surface area contributed by atoms with Crippen molar-refractivity contribution >= 4 is 11.1 Å². The zero-order chi connectivity index (χ0) is 20.6. The van der Waals surface area contributed by atoms with Gasteiger partial charge in [-0.3, -0.25) is 0 Å². The summed E-state index contributed by atoms with van der Waals surface area (Å²) in [4.78, 5) is 9.37. The average Bonchev–Trinajstić information content (AvgIpc) is 3.19. The Morgan fingerprint density at radius 1 is 1.03 bits per heavy atom. The largest absolute Gasteiger partial charge is 0.397 e. The topological polar surface area (TPSA) is 30.3 Å². The van der Waals surface area contributed by atoms with Gasteiger partial charge >= 0.3 is 0 Å². The van der Waals surface area contributed by atoms with Crippen LogP contribution in [0.1, 0.15) is 36.5 Å². The molecule has 1 heterocycles. The van der Waals surface area contributed by atoms with Gasteiger partial charge in [-0.05, 0) is 49.7 Å².